The van der Waals surface area contributed by atoms with Crippen LogP contribution in [-0.2, 0) is 11.0 Å². The van der Waals surface area contributed by atoms with Gasteiger partial charge >= 0.3 is 18.2 Å². The number of hydrogen-bond donors (Lipinski definition) is 2. The van der Waals surface area contributed by atoms with Gasteiger partial charge in [-0.25, -0.2) is 4.79 Å². The average Bonchev–Trinajstić information content (AvgIpc) is 2.88. The minimum atomic E-state index is -4.42. The molecule has 0 saturated carbocycles. The van der Waals surface area contributed by atoms with Crippen molar-refractivity contribution in [2.24, 2.45) is 5.92 Å². The maximum Gasteiger partial charge on any atom is 0.416 e. The number of nitrogens with one attached hydrogen (secondary N) is 1. The van der Waals surface area contributed by atoms with Gasteiger partial charge in [0.05, 0.1) is 11.5 Å². The van der Waals surface area contributed by atoms with Crippen LogP contribution < -0.4 is 5.32 Å². The zero-order valence-corrected chi connectivity index (χ0v) is 10.9. The average molecular weight is 302 g/mol. The molecule has 1 fully saturated rings. The Morgan fingerprint density at radius 1 is 1.24 bits per heavy atom. The molecule has 5 nitrogen and oxygen atoms in total. The minimum absolute atomic E-state index is 0.0990. The van der Waals surface area contributed by atoms with Gasteiger partial charge in [0.1, 0.15) is 0 Å². The number of amides is 2. The Hall–Kier alpha value is -2.25. The summed E-state index contributed by atoms with van der Waals surface area (Å²) in [6.45, 7) is 0.408. The van der Waals surface area contributed by atoms with Gasteiger partial charge in [-0.05, 0) is 30.7 Å². The van der Waals surface area contributed by atoms with Crippen LogP contribution in [0.2, 0.25) is 0 Å². The number of carboxylic acids is 1. The molecule has 0 aromatic heterocycles. The summed E-state index contributed by atoms with van der Waals surface area (Å²) in [5, 5.41) is 11.3. The number of halogens is 3. The highest BCUT2D eigenvalue weighted by molar-refractivity contribution is 5.90. The quantitative estimate of drug-likeness (QED) is 0.882. The number of carbonyl (C=O) groups is 2. The van der Waals surface area contributed by atoms with Crippen molar-refractivity contribution >= 4 is 17.7 Å². The number of alkyl halides is 3. The summed E-state index contributed by atoms with van der Waals surface area (Å²) in [4.78, 5) is 24.0. The molecule has 1 aliphatic heterocycles. The Bertz CT molecular complexity index is 543. The predicted molar refractivity (Wildman–Crippen MR) is 67.8 cm³/mol. The second-order valence-electron chi connectivity index (χ2n) is 4.78. The summed E-state index contributed by atoms with van der Waals surface area (Å²) in [5.41, 5.74) is -0.570. The summed E-state index contributed by atoms with van der Waals surface area (Å²) in [6.07, 6.45) is -4.05. The van der Waals surface area contributed by atoms with Crippen molar-refractivity contribution in [2.45, 2.75) is 12.6 Å². The number of rotatable bonds is 2. The predicted octanol–water partition coefficient (Wildman–Crippen LogP) is 2.64. The molecular formula is C13H13F3N2O3. The van der Waals surface area contributed by atoms with Crippen molar-refractivity contribution in [3.63, 3.8) is 0 Å². The first-order valence-corrected chi connectivity index (χ1v) is 6.23. The number of urea groups is 1. The Balaban J connectivity index is 1.96. The fourth-order valence-corrected chi connectivity index (χ4v) is 2.09. The third kappa shape index (κ3) is 3.65. The number of benzene rings is 1. The van der Waals surface area contributed by atoms with Crippen LogP contribution in [0.4, 0.5) is 23.7 Å². The van der Waals surface area contributed by atoms with E-state index in [9.17, 15) is 22.8 Å². The van der Waals surface area contributed by atoms with Gasteiger partial charge in [0.2, 0.25) is 0 Å². The Labute approximate surface area is 118 Å². The van der Waals surface area contributed by atoms with Crippen molar-refractivity contribution in [3.8, 4) is 0 Å². The summed E-state index contributed by atoms with van der Waals surface area (Å²) in [5.74, 6) is -1.55. The lowest BCUT2D eigenvalue weighted by Crippen LogP contribution is -2.33. The molecule has 1 heterocycles. The molecule has 21 heavy (non-hydrogen) atoms. The van der Waals surface area contributed by atoms with E-state index in [-0.39, 0.29) is 12.2 Å². The van der Waals surface area contributed by atoms with Crippen LogP contribution in [0, 0.1) is 5.92 Å². The van der Waals surface area contributed by atoms with Crippen LogP contribution in [0.3, 0.4) is 0 Å². The lowest BCUT2D eigenvalue weighted by atomic mass is 10.1. The molecule has 0 bridgehead atoms. The SMILES string of the molecule is O=C(O)C1CCN(C(=O)Nc2ccc(C(F)(F)F)cc2)C1. The van der Waals surface area contributed by atoms with Gasteiger partial charge in [-0.1, -0.05) is 0 Å². The van der Waals surface area contributed by atoms with E-state index in [0.717, 1.165) is 24.3 Å². The largest absolute Gasteiger partial charge is 0.481 e. The number of likely N-dealkylation sites (tertiary alicyclic amines) is 1. The zero-order valence-electron chi connectivity index (χ0n) is 10.9. The van der Waals surface area contributed by atoms with Crippen molar-refractivity contribution in [3.05, 3.63) is 29.8 Å². The van der Waals surface area contributed by atoms with Gasteiger partial charge < -0.3 is 15.3 Å². The van der Waals surface area contributed by atoms with Crippen molar-refractivity contribution < 1.29 is 27.9 Å². The first-order valence-electron chi connectivity index (χ1n) is 6.23. The molecule has 1 aromatic rings. The van der Waals surface area contributed by atoms with Crippen LogP contribution in [0.5, 0.6) is 0 Å². The Kier molecular flexibility index (Phi) is 4.06. The molecule has 1 unspecified atom stereocenters. The molecule has 114 valence electrons. The third-order valence-corrected chi connectivity index (χ3v) is 3.29. The fourth-order valence-electron chi connectivity index (χ4n) is 2.09. The molecule has 1 saturated heterocycles. The highest BCUT2D eigenvalue weighted by atomic mass is 19.4. The second kappa shape index (κ2) is 5.63. The van der Waals surface area contributed by atoms with E-state index in [0.29, 0.717) is 13.0 Å². The molecule has 0 aliphatic carbocycles. The fraction of sp³-hybridized carbons (Fsp3) is 0.385. The van der Waals surface area contributed by atoms with E-state index in [1.807, 2.05) is 0 Å². The maximum atomic E-state index is 12.4. The monoisotopic (exact) mass is 302 g/mol. The number of carboxylic acid groups (broad SMARTS) is 1. The van der Waals surface area contributed by atoms with Crippen LogP contribution in [0.1, 0.15) is 12.0 Å². The number of nitrogens with zero attached hydrogens (tertiary/aromatic N) is 1. The molecule has 0 radical (unpaired) electrons. The van der Waals surface area contributed by atoms with Gasteiger partial charge in [0.15, 0.2) is 0 Å². The van der Waals surface area contributed by atoms with E-state index in [4.69, 9.17) is 5.11 Å². The summed E-state index contributed by atoms with van der Waals surface area (Å²) in [6, 6.07) is 3.55. The standard InChI is InChI=1S/C13H13F3N2O3/c14-13(15,16)9-1-3-10(4-2-9)17-12(21)18-6-5-8(7-18)11(19)20/h1-4,8H,5-7H2,(H,17,21)(H,19,20). The van der Waals surface area contributed by atoms with Crippen molar-refractivity contribution in [1.82, 2.24) is 4.90 Å². The van der Waals surface area contributed by atoms with Gasteiger partial charge in [-0.3, -0.25) is 4.79 Å². The van der Waals surface area contributed by atoms with Crippen LogP contribution in [0.25, 0.3) is 0 Å². The Morgan fingerprint density at radius 2 is 1.86 bits per heavy atom. The zero-order chi connectivity index (χ0) is 15.6. The van der Waals surface area contributed by atoms with E-state index >= 15 is 0 Å². The van der Waals surface area contributed by atoms with Crippen LogP contribution in [0.15, 0.2) is 24.3 Å². The van der Waals surface area contributed by atoms with Gasteiger partial charge in [0, 0.05) is 18.8 Å². The first kappa shape index (κ1) is 15.1. The molecule has 8 heteroatoms. The molecule has 2 rings (SSSR count). The number of hydrogen-bond acceptors (Lipinski definition) is 2. The van der Waals surface area contributed by atoms with Gasteiger partial charge in [-0.15, -0.1) is 0 Å². The third-order valence-electron chi connectivity index (χ3n) is 3.29. The van der Waals surface area contributed by atoms with Gasteiger partial charge in [-0.2, -0.15) is 13.2 Å². The van der Waals surface area contributed by atoms with Crippen molar-refractivity contribution in [2.75, 3.05) is 18.4 Å². The molecule has 0 spiro atoms. The molecule has 2 amide bonds. The summed E-state index contributed by atoms with van der Waals surface area (Å²) >= 11 is 0. The van der Waals surface area contributed by atoms with Gasteiger partial charge in [0.25, 0.3) is 0 Å². The van der Waals surface area contributed by atoms with E-state index < -0.39 is 29.7 Å². The molecule has 2 N–H and O–H groups in total. The van der Waals surface area contributed by atoms with Crippen LogP contribution >= 0.6 is 0 Å². The summed E-state index contributed by atoms with van der Waals surface area (Å²) in [7, 11) is 0. The molecule has 1 atom stereocenters. The lowest BCUT2D eigenvalue weighted by molar-refractivity contribution is -0.141. The normalized spacial score (nSPS) is 18.6. The molecule has 1 aromatic carbocycles. The first-order chi connectivity index (χ1) is 9.77. The maximum absolute atomic E-state index is 12.4. The molecular weight excluding hydrogens is 289 g/mol. The minimum Gasteiger partial charge on any atom is -0.481 e. The molecule has 1 aliphatic rings. The van der Waals surface area contributed by atoms with E-state index in [1.165, 1.54) is 4.90 Å². The number of anilines is 1. The Morgan fingerprint density at radius 3 is 2.33 bits per heavy atom. The smallest absolute Gasteiger partial charge is 0.416 e. The van der Waals surface area contributed by atoms with E-state index in [1.54, 1.807) is 0 Å². The second-order valence-corrected chi connectivity index (χ2v) is 4.78. The highest BCUT2D eigenvalue weighted by Gasteiger charge is 2.32. The number of aliphatic carboxylic acids is 1. The van der Waals surface area contributed by atoms with Crippen LogP contribution in [-0.4, -0.2) is 35.1 Å². The highest BCUT2D eigenvalue weighted by Crippen LogP contribution is 2.30. The number of carbonyl (C=O) groups excluding carboxylic acids is 1. The lowest BCUT2D eigenvalue weighted by Gasteiger charge is -2.17. The summed E-state index contributed by atoms with van der Waals surface area (Å²) < 4.78 is 37.2. The van der Waals surface area contributed by atoms with E-state index in [2.05, 4.69) is 5.32 Å². The van der Waals surface area contributed by atoms with Crippen molar-refractivity contribution in [1.29, 1.82) is 0 Å². The topological polar surface area (TPSA) is 69.6 Å².